The summed E-state index contributed by atoms with van der Waals surface area (Å²) >= 11 is 7.80. The Hall–Kier alpha value is -6.22. The molecule has 72 heavy (non-hydrogen) atoms. The number of anilines is 2. The minimum absolute atomic E-state index is 0.0139. The Morgan fingerprint density at radius 2 is 1.62 bits per heavy atom. The molecule has 16 nitrogen and oxygen atoms in total. The molecule has 3 aromatic carbocycles. The maximum absolute atomic E-state index is 14.3. The fourth-order valence-corrected chi connectivity index (χ4v) is 11.0. The number of thiazole rings is 1. The lowest BCUT2D eigenvalue weighted by Gasteiger charge is -2.63. The fourth-order valence-electron chi connectivity index (χ4n) is 9.99. The van der Waals surface area contributed by atoms with E-state index in [0.29, 0.717) is 35.2 Å². The topological polar surface area (TPSA) is 213 Å². The van der Waals surface area contributed by atoms with Crippen molar-refractivity contribution in [2.24, 2.45) is 16.2 Å². The molecule has 1 aliphatic heterocycles. The molecule has 2 fully saturated rings. The first-order chi connectivity index (χ1) is 34.0. The van der Waals surface area contributed by atoms with E-state index in [4.69, 9.17) is 25.8 Å². The van der Waals surface area contributed by atoms with Crippen LogP contribution in [0.25, 0.3) is 10.4 Å². The standard InChI is InChI=1S/C54H69ClN8O8S/c1-32(35-14-16-36(17-15-35)45-33(2)58-31-72-45)59-47(66)43-27-41(70-34(3)64)29-63(43)48(67)46(52(4,5)6)61-44(65)30-69-25-13-11-12-24-57-38-19-21-39(22-20-38)60-51(68)62-49-53(7,8)50(54(49,9)10)71-40-23-18-37(28-56)42(55)26-40/h14-23,26,31-32,41,43,46,49-50,57H,11-13,24-25,27,29-30H2,1-10H3,(H,59,66)(H,61,65)(H2,60,62,68)/t32-,41+,43-,46+,49-,50-/m0/s1. The number of rotatable bonds is 20. The molecule has 2 heterocycles. The second kappa shape index (κ2) is 23.6. The first-order valence-electron chi connectivity index (χ1n) is 24.4. The second-order valence-corrected chi connectivity index (χ2v) is 22.3. The predicted octanol–water partition coefficient (Wildman–Crippen LogP) is 9.19. The summed E-state index contributed by atoms with van der Waals surface area (Å²) in [7, 11) is 0. The Morgan fingerprint density at radius 1 is 0.944 bits per heavy atom. The van der Waals surface area contributed by atoms with E-state index in [1.807, 2.05) is 88.7 Å². The van der Waals surface area contributed by atoms with E-state index in [2.05, 4.69) is 65.3 Å². The van der Waals surface area contributed by atoms with Gasteiger partial charge in [-0.05, 0) is 86.1 Å². The Labute approximate surface area is 432 Å². The van der Waals surface area contributed by atoms with Gasteiger partial charge in [-0.15, -0.1) is 11.3 Å². The number of hydrogen-bond acceptors (Lipinski definition) is 12. The van der Waals surface area contributed by atoms with Crippen molar-refractivity contribution in [1.82, 2.24) is 25.8 Å². The first-order valence-corrected chi connectivity index (χ1v) is 25.7. The zero-order chi connectivity index (χ0) is 52.5. The Morgan fingerprint density at radius 3 is 2.24 bits per heavy atom. The van der Waals surface area contributed by atoms with Crippen LogP contribution in [0.2, 0.25) is 5.02 Å². The number of likely N-dealkylation sites (tertiary alicyclic amines) is 1. The lowest BCUT2D eigenvalue weighted by molar-refractivity contribution is -0.163. The highest BCUT2D eigenvalue weighted by molar-refractivity contribution is 7.13. The molecular formula is C54H69ClN8O8S. The van der Waals surface area contributed by atoms with Gasteiger partial charge >= 0.3 is 12.0 Å². The number of nitriles is 1. The Balaban J connectivity index is 0.899. The SMILES string of the molecule is CC(=O)O[C@@H]1C[C@@H](C(=O)N[C@@H](C)c2ccc(-c3scnc3C)cc2)N(C(=O)[C@@H](NC(=O)COCCCCCNc2ccc(NC(=O)N[C@H]3C(C)(C)[C@H](Oc4ccc(C#N)c(Cl)c4)C3(C)C)cc2)C(C)(C)C)C1. The van der Waals surface area contributed by atoms with Crippen LogP contribution in [0.15, 0.2) is 72.2 Å². The summed E-state index contributed by atoms with van der Waals surface area (Å²) in [5.41, 5.74) is 5.09. The number of hydrogen-bond donors (Lipinski definition) is 5. The van der Waals surface area contributed by atoms with Crippen LogP contribution in [0, 0.1) is 34.5 Å². The molecule has 4 aromatic rings. The van der Waals surface area contributed by atoms with Crippen molar-refractivity contribution in [2.45, 2.75) is 131 Å². The molecule has 0 spiro atoms. The molecule has 2 aliphatic rings. The van der Waals surface area contributed by atoms with E-state index in [1.54, 1.807) is 29.5 Å². The molecule has 0 bridgehead atoms. The zero-order valence-corrected chi connectivity index (χ0v) is 44.5. The number of halogens is 1. The van der Waals surface area contributed by atoms with Crippen molar-refractivity contribution in [3.8, 4) is 22.3 Å². The predicted molar refractivity (Wildman–Crippen MR) is 280 cm³/mol. The van der Waals surface area contributed by atoms with Gasteiger partial charge in [0, 0.05) is 60.8 Å². The minimum Gasteiger partial charge on any atom is -0.489 e. The van der Waals surface area contributed by atoms with Crippen molar-refractivity contribution in [2.75, 3.05) is 36.9 Å². The van der Waals surface area contributed by atoms with Crippen molar-refractivity contribution < 1.29 is 38.2 Å². The summed E-state index contributed by atoms with van der Waals surface area (Å²) in [6, 6.07) is 19.7. The van der Waals surface area contributed by atoms with Gasteiger partial charge in [-0.1, -0.05) is 84.3 Å². The lowest BCUT2D eigenvalue weighted by Crippen LogP contribution is -2.75. The van der Waals surface area contributed by atoms with Crippen LogP contribution in [-0.2, 0) is 28.7 Å². The van der Waals surface area contributed by atoms with E-state index in [0.717, 1.165) is 46.6 Å². The van der Waals surface area contributed by atoms with Crippen LogP contribution in [-0.4, -0.2) is 96.2 Å². The summed E-state index contributed by atoms with van der Waals surface area (Å²) in [4.78, 5) is 73.4. The molecule has 1 saturated carbocycles. The third kappa shape index (κ3) is 13.6. The summed E-state index contributed by atoms with van der Waals surface area (Å²) in [5, 5.41) is 24.9. The number of aromatic nitrogens is 1. The van der Waals surface area contributed by atoms with Crippen LogP contribution >= 0.6 is 22.9 Å². The number of unbranched alkanes of at least 4 members (excludes halogenated alkanes) is 2. The summed E-state index contributed by atoms with van der Waals surface area (Å²) in [6.45, 7) is 19.7. The van der Waals surface area contributed by atoms with E-state index < -0.39 is 52.2 Å². The molecule has 1 saturated heterocycles. The zero-order valence-electron chi connectivity index (χ0n) is 42.9. The van der Waals surface area contributed by atoms with E-state index in [9.17, 15) is 29.2 Å². The smallest absolute Gasteiger partial charge is 0.319 e. The normalized spacial score (nSPS) is 19.7. The van der Waals surface area contributed by atoms with Gasteiger partial charge in [0.05, 0.1) is 39.3 Å². The van der Waals surface area contributed by atoms with Crippen molar-refractivity contribution in [3.05, 3.63) is 94.1 Å². The number of nitrogens with one attached hydrogen (secondary N) is 5. The molecule has 386 valence electrons. The number of carbonyl (C=O) groups is 5. The number of ether oxygens (including phenoxy) is 3. The average Bonchev–Trinajstić information content (AvgIpc) is 3.95. The van der Waals surface area contributed by atoms with Gasteiger partial charge in [0.2, 0.25) is 17.7 Å². The van der Waals surface area contributed by atoms with E-state index in [1.165, 1.54) is 11.8 Å². The fraction of sp³-hybridized carbons (Fsp3) is 0.500. The minimum atomic E-state index is -0.988. The third-order valence-electron chi connectivity index (χ3n) is 13.5. The van der Waals surface area contributed by atoms with Gasteiger partial charge in [0.1, 0.15) is 42.7 Å². The highest BCUT2D eigenvalue weighted by Gasteiger charge is 2.64. The molecule has 6 rings (SSSR count). The summed E-state index contributed by atoms with van der Waals surface area (Å²) in [5.74, 6) is -1.22. The van der Waals surface area contributed by atoms with E-state index in [-0.39, 0.29) is 49.7 Å². The van der Waals surface area contributed by atoms with Gasteiger partial charge in [0.15, 0.2) is 0 Å². The average molecular weight is 1030 g/mol. The number of amides is 5. The molecule has 4 atom stereocenters. The summed E-state index contributed by atoms with van der Waals surface area (Å²) < 4.78 is 17.6. The van der Waals surface area contributed by atoms with Crippen molar-refractivity contribution >= 4 is 64.0 Å². The van der Waals surface area contributed by atoms with E-state index >= 15 is 0 Å². The quantitative estimate of drug-likeness (QED) is 0.0416. The molecule has 1 aliphatic carbocycles. The number of benzene rings is 3. The highest BCUT2D eigenvalue weighted by atomic mass is 35.5. The number of nitrogens with zero attached hydrogens (tertiary/aromatic N) is 3. The molecule has 0 unspecified atom stereocenters. The maximum atomic E-state index is 14.3. The number of esters is 1. The molecule has 5 amide bonds. The van der Waals surface area contributed by atoms with Gasteiger partial charge in [-0.3, -0.25) is 19.2 Å². The lowest BCUT2D eigenvalue weighted by atomic mass is 9.49. The second-order valence-electron chi connectivity index (χ2n) is 21.0. The summed E-state index contributed by atoms with van der Waals surface area (Å²) in [6.07, 6.45) is 1.64. The molecule has 0 radical (unpaired) electrons. The van der Waals surface area contributed by atoms with Gasteiger partial charge in [-0.25, -0.2) is 9.78 Å². The van der Waals surface area contributed by atoms with Crippen LogP contribution in [0.5, 0.6) is 5.75 Å². The molecule has 18 heteroatoms. The van der Waals surface area contributed by atoms with Gasteiger partial charge < -0.3 is 45.7 Å². The third-order valence-corrected chi connectivity index (χ3v) is 14.8. The van der Waals surface area contributed by atoms with Crippen LogP contribution in [0.1, 0.15) is 111 Å². The number of aryl methyl sites for hydroxylation is 1. The Kier molecular flexibility index (Phi) is 18.0. The van der Waals surface area contributed by atoms with Crippen LogP contribution in [0.4, 0.5) is 16.2 Å². The van der Waals surface area contributed by atoms with Crippen molar-refractivity contribution in [1.29, 1.82) is 5.26 Å². The van der Waals surface area contributed by atoms with Gasteiger partial charge in [0.25, 0.3) is 0 Å². The monoisotopic (exact) mass is 1020 g/mol. The number of urea groups is 1. The first kappa shape index (κ1) is 55.1. The largest absolute Gasteiger partial charge is 0.489 e. The number of carbonyl (C=O) groups excluding carboxylic acids is 5. The maximum Gasteiger partial charge on any atom is 0.319 e. The highest BCUT2D eigenvalue weighted by Crippen LogP contribution is 2.55. The van der Waals surface area contributed by atoms with Crippen LogP contribution in [0.3, 0.4) is 0 Å². The van der Waals surface area contributed by atoms with Crippen molar-refractivity contribution in [3.63, 3.8) is 0 Å². The Bertz CT molecular complexity index is 2590. The van der Waals surface area contributed by atoms with Gasteiger partial charge in [-0.2, -0.15) is 5.26 Å². The molecule has 5 N–H and O–H groups in total. The molecule has 1 aromatic heterocycles. The van der Waals surface area contributed by atoms with Crippen LogP contribution < -0.4 is 31.3 Å². The molecular weight excluding hydrogens is 956 g/mol.